The van der Waals surface area contributed by atoms with Gasteiger partial charge in [0.15, 0.2) is 5.82 Å². The first-order chi connectivity index (χ1) is 8.03. The van der Waals surface area contributed by atoms with Crippen molar-refractivity contribution in [2.24, 2.45) is 0 Å². The third-order valence-corrected chi connectivity index (χ3v) is 3.21. The van der Waals surface area contributed by atoms with Crippen molar-refractivity contribution in [2.45, 2.75) is 44.8 Å². The molecule has 1 atom stereocenters. The second kappa shape index (κ2) is 4.49. The van der Waals surface area contributed by atoms with E-state index in [1.54, 1.807) is 23.9 Å². The van der Waals surface area contributed by atoms with Gasteiger partial charge in [0.05, 0.1) is 5.60 Å². The highest BCUT2D eigenvalue weighted by molar-refractivity contribution is 5.31. The summed E-state index contributed by atoms with van der Waals surface area (Å²) in [7, 11) is 0. The summed E-state index contributed by atoms with van der Waals surface area (Å²) < 4.78 is 1.72. The maximum absolute atomic E-state index is 12.0. The number of hydrogen-bond acceptors (Lipinski definition) is 4. The third-order valence-electron chi connectivity index (χ3n) is 3.21. The molecule has 1 aliphatic carbocycles. The zero-order valence-electron chi connectivity index (χ0n) is 10.3. The van der Waals surface area contributed by atoms with Crippen LogP contribution in [0.4, 0.5) is 5.82 Å². The Kier molecular flexibility index (Phi) is 3.19. The highest BCUT2D eigenvalue weighted by Gasteiger charge is 2.25. The van der Waals surface area contributed by atoms with Crippen LogP contribution >= 0.6 is 0 Å². The minimum Gasteiger partial charge on any atom is -0.388 e. The van der Waals surface area contributed by atoms with Crippen LogP contribution in [-0.4, -0.2) is 26.8 Å². The number of nitrogens with one attached hydrogen (secondary N) is 1. The van der Waals surface area contributed by atoms with Crippen molar-refractivity contribution in [3.63, 3.8) is 0 Å². The minimum absolute atomic E-state index is 0.0955. The van der Waals surface area contributed by atoms with Gasteiger partial charge < -0.3 is 15.0 Å². The minimum atomic E-state index is -0.811. The molecule has 1 heterocycles. The van der Waals surface area contributed by atoms with Crippen LogP contribution in [0.5, 0.6) is 0 Å². The predicted molar refractivity (Wildman–Crippen MR) is 66.2 cm³/mol. The van der Waals surface area contributed by atoms with E-state index in [4.69, 9.17) is 0 Å². The van der Waals surface area contributed by atoms with Gasteiger partial charge in [-0.15, -0.1) is 0 Å². The van der Waals surface area contributed by atoms with Crippen LogP contribution < -0.4 is 10.9 Å². The summed E-state index contributed by atoms with van der Waals surface area (Å²) >= 11 is 0. The van der Waals surface area contributed by atoms with E-state index in [0.717, 1.165) is 12.8 Å². The Bertz CT molecular complexity index is 449. The highest BCUT2D eigenvalue weighted by atomic mass is 16.3. The molecule has 0 aromatic carbocycles. The molecule has 0 spiro atoms. The largest absolute Gasteiger partial charge is 0.388 e. The third kappa shape index (κ3) is 2.85. The molecule has 5 heteroatoms. The smallest absolute Gasteiger partial charge is 0.293 e. The summed E-state index contributed by atoms with van der Waals surface area (Å²) in [6, 6.07) is 0.345. The first-order valence-corrected chi connectivity index (χ1v) is 6.07. The van der Waals surface area contributed by atoms with Crippen molar-refractivity contribution in [1.29, 1.82) is 0 Å². The lowest BCUT2D eigenvalue weighted by Gasteiger charge is -2.21. The molecule has 0 radical (unpaired) electrons. The molecule has 1 saturated carbocycles. The molecule has 1 aromatic rings. The van der Waals surface area contributed by atoms with Crippen molar-refractivity contribution in [1.82, 2.24) is 9.55 Å². The summed E-state index contributed by atoms with van der Waals surface area (Å²) in [4.78, 5) is 16.0. The number of anilines is 1. The van der Waals surface area contributed by atoms with Crippen LogP contribution in [0, 0.1) is 0 Å². The van der Waals surface area contributed by atoms with Crippen LogP contribution in [0.2, 0.25) is 0 Å². The van der Waals surface area contributed by atoms with Gasteiger partial charge in [-0.25, -0.2) is 4.98 Å². The number of aliphatic hydroxyl groups is 1. The molecule has 1 unspecified atom stereocenters. The normalized spacial score (nSPS) is 18.8. The van der Waals surface area contributed by atoms with Gasteiger partial charge in [-0.3, -0.25) is 4.79 Å². The average Bonchev–Trinajstić information content (AvgIpc) is 3.12. The fraction of sp³-hybridized carbons (Fsp3) is 0.667. The lowest BCUT2D eigenvalue weighted by Crippen LogP contribution is -2.35. The Labute approximate surface area is 100 Å². The van der Waals surface area contributed by atoms with E-state index in [9.17, 15) is 9.90 Å². The Morgan fingerprint density at radius 3 is 2.94 bits per heavy atom. The van der Waals surface area contributed by atoms with E-state index in [2.05, 4.69) is 10.3 Å². The molecule has 1 aromatic heterocycles. The van der Waals surface area contributed by atoms with Crippen molar-refractivity contribution in [3.8, 4) is 0 Å². The summed E-state index contributed by atoms with van der Waals surface area (Å²) in [5.41, 5.74) is -0.907. The van der Waals surface area contributed by atoms with E-state index in [1.807, 2.05) is 6.92 Å². The van der Waals surface area contributed by atoms with Crippen LogP contribution in [0.1, 0.15) is 39.2 Å². The van der Waals surface area contributed by atoms with Crippen molar-refractivity contribution in [2.75, 3.05) is 11.9 Å². The first kappa shape index (κ1) is 12.1. The van der Waals surface area contributed by atoms with Crippen LogP contribution in [0.15, 0.2) is 17.2 Å². The molecule has 0 saturated heterocycles. The van der Waals surface area contributed by atoms with E-state index < -0.39 is 5.60 Å². The molecular weight excluding hydrogens is 218 g/mol. The fourth-order valence-corrected chi connectivity index (χ4v) is 1.59. The van der Waals surface area contributed by atoms with Gasteiger partial charge in [0.25, 0.3) is 5.56 Å². The van der Waals surface area contributed by atoms with Gasteiger partial charge in [-0.2, -0.15) is 0 Å². The van der Waals surface area contributed by atoms with Crippen molar-refractivity contribution < 1.29 is 5.11 Å². The molecule has 2 N–H and O–H groups in total. The molecule has 17 heavy (non-hydrogen) atoms. The molecule has 1 fully saturated rings. The topological polar surface area (TPSA) is 67.2 Å². The molecular formula is C12H19N3O2. The van der Waals surface area contributed by atoms with Gasteiger partial charge in [-0.05, 0) is 26.2 Å². The molecule has 2 rings (SSSR count). The Balaban J connectivity index is 2.11. The number of hydrogen-bond donors (Lipinski definition) is 2. The average molecular weight is 237 g/mol. The van der Waals surface area contributed by atoms with Gasteiger partial charge in [-0.1, -0.05) is 6.92 Å². The second-order valence-electron chi connectivity index (χ2n) is 4.92. The fourth-order valence-electron chi connectivity index (χ4n) is 1.59. The summed E-state index contributed by atoms with van der Waals surface area (Å²) in [6.07, 6.45) is 6.11. The highest BCUT2D eigenvalue weighted by Crippen LogP contribution is 2.33. The summed E-state index contributed by atoms with van der Waals surface area (Å²) in [6.45, 7) is 3.98. The standard InChI is InChI=1S/C12H19N3O2/c1-3-12(2,17)8-14-10-11(16)15(7-6-13-10)9-4-5-9/h6-7,9,17H,3-5,8H2,1-2H3,(H,13,14). The monoisotopic (exact) mass is 237 g/mol. The van der Waals surface area contributed by atoms with E-state index in [0.29, 0.717) is 24.8 Å². The molecule has 0 bridgehead atoms. The molecule has 5 nitrogen and oxygen atoms in total. The number of rotatable bonds is 5. The first-order valence-electron chi connectivity index (χ1n) is 6.07. The van der Waals surface area contributed by atoms with Crippen molar-refractivity contribution >= 4 is 5.82 Å². The Morgan fingerprint density at radius 1 is 1.65 bits per heavy atom. The van der Waals surface area contributed by atoms with E-state index in [-0.39, 0.29) is 5.56 Å². The van der Waals surface area contributed by atoms with Crippen LogP contribution in [0.3, 0.4) is 0 Å². The molecule has 94 valence electrons. The second-order valence-corrected chi connectivity index (χ2v) is 4.92. The van der Waals surface area contributed by atoms with Crippen LogP contribution in [0.25, 0.3) is 0 Å². The lowest BCUT2D eigenvalue weighted by atomic mass is 10.0. The number of aromatic nitrogens is 2. The van der Waals surface area contributed by atoms with E-state index >= 15 is 0 Å². The zero-order chi connectivity index (χ0) is 12.5. The van der Waals surface area contributed by atoms with Crippen LogP contribution in [-0.2, 0) is 0 Å². The quantitative estimate of drug-likeness (QED) is 0.806. The molecule has 0 aliphatic heterocycles. The molecule has 0 amide bonds. The van der Waals surface area contributed by atoms with Gasteiger partial charge in [0.2, 0.25) is 0 Å². The van der Waals surface area contributed by atoms with Gasteiger partial charge in [0.1, 0.15) is 0 Å². The van der Waals surface area contributed by atoms with Gasteiger partial charge in [0, 0.05) is 25.0 Å². The van der Waals surface area contributed by atoms with Crippen molar-refractivity contribution in [3.05, 3.63) is 22.7 Å². The maximum atomic E-state index is 12.0. The van der Waals surface area contributed by atoms with E-state index in [1.165, 1.54) is 0 Å². The SMILES string of the molecule is CCC(C)(O)CNc1nccn(C2CC2)c1=O. The lowest BCUT2D eigenvalue weighted by molar-refractivity contribution is 0.0696. The molecule has 1 aliphatic rings. The maximum Gasteiger partial charge on any atom is 0.293 e. The summed E-state index contributed by atoms with van der Waals surface area (Å²) in [5.74, 6) is 0.327. The van der Waals surface area contributed by atoms with Gasteiger partial charge >= 0.3 is 0 Å². The zero-order valence-corrected chi connectivity index (χ0v) is 10.3. The predicted octanol–water partition coefficient (Wildman–Crippen LogP) is 1.15. The summed E-state index contributed by atoms with van der Waals surface area (Å²) in [5, 5.41) is 12.8. The Hall–Kier alpha value is -1.36. The number of nitrogens with zero attached hydrogens (tertiary/aromatic N) is 2. The Morgan fingerprint density at radius 2 is 2.35 bits per heavy atom.